The largest absolute Gasteiger partial charge is 0.497 e. The minimum absolute atomic E-state index is 0.0753. The molecule has 1 heterocycles. The molecule has 0 saturated heterocycles. The molecule has 0 aliphatic heterocycles. The summed E-state index contributed by atoms with van der Waals surface area (Å²) in [6.07, 6.45) is 2.92. The van der Waals surface area contributed by atoms with Crippen molar-refractivity contribution in [2.75, 3.05) is 19.0 Å². The lowest BCUT2D eigenvalue weighted by Crippen LogP contribution is -2.21. The van der Waals surface area contributed by atoms with Crippen LogP contribution in [0.3, 0.4) is 0 Å². The first-order chi connectivity index (χ1) is 13.5. The number of benzene rings is 1. The molecule has 1 aromatic carbocycles. The molecule has 1 aromatic heterocycles. The van der Waals surface area contributed by atoms with E-state index in [-0.39, 0.29) is 13.0 Å². The van der Waals surface area contributed by atoms with Crippen LogP contribution in [-0.2, 0) is 33.6 Å². The Balaban J connectivity index is 1.54. The Kier molecular flexibility index (Phi) is 6.32. The molecular formula is C21H22N2O4S. The van der Waals surface area contributed by atoms with Crippen molar-refractivity contribution in [3.63, 3.8) is 0 Å². The third-order valence-electron chi connectivity index (χ3n) is 4.75. The standard InChI is InChI=1S/C21H22N2O4S/c1-13-3-8-16-17(11-22)21(28-18(16)9-13)23-19(24)12-27-20(25)10-14-4-6-15(26-2)7-5-14/h4-7,13H,3,8-10,12H2,1-2H3,(H,23,24)/t13-/m1/s1. The van der Waals surface area contributed by atoms with Crippen molar-refractivity contribution in [1.82, 2.24) is 0 Å². The van der Waals surface area contributed by atoms with Gasteiger partial charge in [0.15, 0.2) is 6.61 Å². The van der Waals surface area contributed by atoms with E-state index in [1.807, 2.05) is 0 Å². The molecule has 0 bridgehead atoms. The summed E-state index contributed by atoms with van der Waals surface area (Å²) in [7, 11) is 1.57. The van der Waals surface area contributed by atoms with Crippen LogP contribution in [0.25, 0.3) is 0 Å². The SMILES string of the molecule is COc1ccc(CC(=O)OCC(=O)Nc2sc3c(c2C#N)CC[C@@H](C)C3)cc1. The van der Waals surface area contributed by atoms with E-state index < -0.39 is 11.9 Å². The van der Waals surface area contributed by atoms with E-state index in [2.05, 4.69) is 18.3 Å². The van der Waals surface area contributed by atoms with Crippen molar-refractivity contribution >= 4 is 28.2 Å². The van der Waals surface area contributed by atoms with E-state index >= 15 is 0 Å². The summed E-state index contributed by atoms with van der Waals surface area (Å²) in [4.78, 5) is 25.3. The summed E-state index contributed by atoms with van der Waals surface area (Å²) in [5, 5.41) is 12.8. The van der Waals surface area contributed by atoms with Crippen LogP contribution in [-0.4, -0.2) is 25.6 Å². The zero-order valence-electron chi connectivity index (χ0n) is 15.9. The van der Waals surface area contributed by atoms with Crippen molar-refractivity contribution in [3.05, 3.63) is 45.8 Å². The number of nitrogens with zero attached hydrogens (tertiary/aromatic N) is 1. The number of hydrogen-bond acceptors (Lipinski definition) is 6. The molecule has 0 spiro atoms. The number of hydrogen-bond donors (Lipinski definition) is 1. The van der Waals surface area contributed by atoms with Gasteiger partial charge in [-0.1, -0.05) is 19.1 Å². The molecule has 0 fully saturated rings. The van der Waals surface area contributed by atoms with E-state index in [0.29, 0.717) is 22.2 Å². The molecule has 1 amide bonds. The number of nitrogens with one attached hydrogen (secondary N) is 1. The van der Waals surface area contributed by atoms with Crippen LogP contribution in [0, 0.1) is 17.2 Å². The van der Waals surface area contributed by atoms with Crippen molar-refractivity contribution < 1.29 is 19.1 Å². The lowest BCUT2D eigenvalue weighted by molar-refractivity contribution is -0.146. The van der Waals surface area contributed by atoms with Crippen LogP contribution >= 0.6 is 11.3 Å². The fraction of sp³-hybridized carbons (Fsp3) is 0.381. The van der Waals surface area contributed by atoms with Gasteiger partial charge in [-0.15, -0.1) is 11.3 Å². The molecule has 0 radical (unpaired) electrons. The van der Waals surface area contributed by atoms with Crippen LogP contribution in [0.15, 0.2) is 24.3 Å². The van der Waals surface area contributed by atoms with Crippen molar-refractivity contribution in [1.29, 1.82) is 5.26 Å². The number of ether oxygens (including phenoxy) is 2. The van der Waals surface area contributed by atoms with Crippen molar-refractivity contribution in [2.24, 2.45) is 5.92 Å². The van der Waals surface area contributed by atoms with Gasteiger partial charge < -0.3 is 14.8 Å². The summed E-state index contributed by atoms with van der Waals surface area (Å²) >= 11 is 1.45. The molecule has 3 rings (SSSR count). The fourth-order valence-electron chi connectivity index (χ4n) is 3.23. The van der Waals surface area contributed by atoms with Gasteiger partial charge in [0.1, 0.15) is 16.8 Å². The second-order valence-corrected chi connectivity index (χ2v) is 8.01. The number of carbonyl (C=O) groups excluding carboxylic acids is 2. The van der Waals surface area contributed by atoms with Crippen LogP contribution in [0.4, 0.5) is 5.00 Å². The first kappa shape index (κ1) is 19.9. The van der Waals surface area contributed by atoms with E-state index in [4.69, 9.17) is 9.47 Å². The predicted octanol–water partition coefficient (Wildman–Crippen LogP) is 3.48. The second-order valence-electron chi connectivity index (χ2n) is 6.90. The summed E-state index contributed by atoms with van der Waals surface area (Å²) in [5.41, 5.74) is 2.38. The molecule has 1 atom stereocenters. The molecule has 1 aliphatic carbocycles. The predicted molar refractivity (Wildman–Crippen MR) is 107 cm³/mol. The summed E-state index contributed by atoms with van der Waals surface area (Å²) in [5.74, 6) is 0.365. The van der Waals surface area contributed by atoms with E-state index in [1.165, 1.54) is 16.2 Å². The number of methoxy groups -OCH3 is 1. The van der Waals surface area contributed by atoms with E-state index in [9.17, 15) is 14.9 Å². The highest BCUT2D eigenvalue weighted by Gasteiger charge is 2.24. The van der Waals surface area contributed by atoms with Gasteiger partial charge >= 0.3 is 5.97 Å². The Hall–Kier alpha value is -2.85. The Labute approximate surface area is 168 Å². The lowest BCUT2D eigenvalue weighted by Gasteiger charge is -2.17. The maximum absolute atomic E-state index is 12.2. The number of fused-ring (bicyclic) bond motifs is 1. The monoisotopic (exact) mass is 398 g/mol. The normalized spacial score (nSPS) is 15.2. The summed E-state index contributed by atoms with van der Waals surface area (Å²) in [6.45, 7) is 1.81. The number of thiophene rings is 1. The van der Waals surface area contributed by atoms with Crippen LogP contribution in [0.2, 0.25) is 0 Å². The minimum atomic E-state index is -0.486. The van der Waals surface area contributed by atoms with Gasteiger partial charge in [-0.2, -0.15) is 5.26 Å². The average Bonchev–Trinajstić information content (AvgIpc) is 3.02. The quantitative estimate of drug-likeness (QED) is 0.753. The molecule has 0 saturated carbocycles. The zero-order valence-corrected chi connectivity index (χ0v) is 16.7. The Morgan fingerprint density at radius 1 is 1.32 bits per heavy atom. The number of anilines is 1. The molecule has 146 valence electrons. The highest BCUT2D eigenvalue weighted by atomic mass is 32.1. The Morgan fingerprint density at radius 2 is 2.07 bits per heavy atom. The Bertz CT molecular complexity index is 912. The first-order valence-corrected chi connectivity index (χ1v) is 9.94. The highest BCUT2D eigenvalue weighted by Crippen LogP contribution is 2.39. The molecular weight excluding hydrogens is 376 g/mol. The lowest BCUT2D eigenvalue weighted by atomic mass is 9.89. The molecule has 2 aromatic rings. The first-order valence-electron chi connectivity index (χ1n) is 9.13. The Morgan fingerprint density at radius 3 is 2.75 bits per heavy atom. The number of nitriles is 1. The van der Waals surface area contributed by atoms with E-state index in [1.54, 1.807) is 31.4 Å². The number of carbonyl (C=O) groups is 2. The third kappa shape index (κ3) is 4.70. The molecule has 28 heavy (non-hydrogen) atoms. The van der Waals surface area contributed by atoms with Crippen LogP contribution in [0.5, 0.6) is 5.75 Å². The summed E-state index contributed by atoms with van der Waals surface area (Å²) in [6, 6.07) is 9.28. The number of esters is 1. The van der Waals surface area contributed by atoms with Gasteiger partial charge in [-0.3, -0.25) is 9.59 Å². The van der Waals surface area contributed by atoms with Crippen molar-refractivity contribution in [2.45, 2.75) is 32.6 Å². The smallest absolute Gasteiger partial charge is 0.310 e. The molecule has 1 aliphatic rings. The number of rotatable bonds is 6. The maximum atomic E-state index is 12.2. The van der Waals surface area contributed by atoms with Gasteiger partial charge in [0.25, 0.3) is 5.91 Å². The van der Waals surface area contributed by atoms with Crippen LogP contribution < -0.4 is 10.1 Å². The van der Waals surface area contributed by atoms with Gasteiger partial charge in [-0.05, 0) is 48.4 Å². The molecule has 7 heteroatoms. The topological polar surface area (TPSA) is 88.4 Å². The van der Waals surface area contributed by atoms with Crippen LogP contribution in [0.1, 0.15) is 34.9 Å². The van der Waals surface area contributed by atoms with Gasteiger partial charge in [0.2, 0.25) is 0 Å². The van der Waals surface area contributed by atoms with Crippen molar-refractivity contribution in [3.8, 4) is 11.8 Å². The maximum Gasteiger partial charge on any atom is 0.310 e. The molecule has 6 nitrogen and oxygen atoms in total. The number of amides is 1. The third-order valence-corrected chi connectivity index (χ3v) is 5.92. The van der Waals surface area contributed by atoms with Gasteiger partial charge in [0.05, 0.1) is 19.1 Å². The minimum Gasteiger partial charge on any atom is -0.497 e. The second kappa shape index (κ2) is 8.89. The van der Waals surface area contributed by atoms with E-state index in [0.717, 1.165) is 30.4 Å². The summed E-state index contributed by atoms with van der Waals surface area (Å²) < 4.78 is 10.1. The molecule has 0 unspecified atom stereocenters. The van der Waals surface area contributed by atoms with Gasteiger partial charge in [0, 0.05) is 4.88 Å². The fourth-order valence-corrected chi connectivity index (χ4v) is 4.60. The zero-order chi connectivity index (χ0) is 20.1. The average molecular weight is 398 g/mol. The molecule has 1 N–H and O–H groups in total. The van der Waals surface area contributed by atoms with Gasteiger partial charge in [-0.25, -0.2) is 0 Å². The highest BCUT2D eigenvalue weighted by molar-refractivity contribution is 7.16.